The van der Waals surface area contributed by atoms with Crippen LogP contribution in [-0.2, 0) is 14.3 Å². The number of amides is 1. The first-order valence-corrected chi connectivity index (χ1v) is 9.96. The van der Waals surface area contributed by atoms with Crippen LogP contribution in [0.5, 0.6) is 0 Å². The smallest absolute Gasteiger partial charge is 0.225 e. The molecule has 1 aromatic carbocycles. The number of carbonyl (C=O) groups excluding carboxylic acids is 1. The van der Waals surface area contributed by atoms with Crippen molar-refractivity contribution in [1.82, 2.24) is 4.90 Å². The van der Waals surface area contributed by atoms with E-state index < -0.39 is 0 Å². The molecule has 2 heterocycles. The Bertz CT molecular complexity index is 519. The molecule has 0 aromatic heterocycles. The largest absolute Gasteiger partial charge is 0.381 e. The van der Waals surface area contributed by atoms with Gasteiger partial charge in [0.1, 0.15) is 0 Å². The topological polar surface area (TPSA) is 38.8 Å². The molecule has 3 rings (SSSR count). The van der Waals surface area contributed by atoms with Crippen LogP contribution < -0.4 is 0 Å². The van der Waals surface area contributed by atoms with Crippen molar-refractivity contribution in [2.75, 3.05) is 32.1 Å². The van der Waals surface area contributed by atoms with Gasteiger partial charge in [-0.05, 0) is 18.4 Å². The molecule has 4 nitrogen and oxygen atoms in total. The SMILES string of the molecule is CC1SCCN(C(=O)CCOC2CCOCC2)C1c1ccccc1. The van der Waals surface area contributed by atoms with Crippen molar-refractivity contribution in [3.05, 3.63) is 35.9 Å². The van der Waals surface area contributed by atoms with Crippen LogP contribution in [0.2, 0.25) is 0 Å². The molecule has 5 heteroatoms. The molecule has 0 saturated carbocycles. The maximum Gasteiger partial charge on any atom is 0.225 e. The number of benzene rings is 1. The van der Waals surface area contributed by atoms with E-state index in [1.165, 1.54) is 5.56 Å². The summed E-state index contributed by atoms with van der Waals surface area (Å²) in [5.74, 6) is 1.22. The van der Waals surface area contributed by atoms with E-state index >= 15 is 0 Å². The van der Waals surface area contributed by atoms with E-state index in [-0.39, 0.29) is 18.1 Å². The zero-order chi connectivity index (χ0) is 16.8. The van der Waals surface area contributed by atoms with Gasteiger partial charge < -0.3 is 14.4 Å². The van der Waals surface area contributed by atoms with Gasteiger partial charge in [-0.15, -0.1) is 0 Å². The van der Waals surface area contributed by atoms with Crippen LogP contribution in [0.1, 0.15) is 37.8 Å². The Morgan fingerprint density at radius 2 is 2.04 bits per heavy atom. The second kappa shape index (κ2) is 8.88. The summed E-state index contributed by atoms with van der Waals surface area (Å²) in [6.45, 7) is 5.11. The predicted molar refractivity (Wildman–Crippen MR) is 97.2 cm³/mol. The third-order valence-corrected chi connectivity index (χ3v) is 5.99. The van der Waals surface area contributed by atoms with Gasteiger partial charge in [-0.2, -0.15) is 11.8 Å². The van der Waals surface area contributed by atoms with Gasteiger partial charge in [0, 0.05) is 30.8 Å². The fourth-order valence-electron chi connectivity index (χ4n) is 3.50. The van der Waals surface area contributed by atoms with Crippen LogP contribution in [0, 0.1) is 0 Å². The molecule has 2 aliphatic heterocycles. The Hall–Kier alpha value is -1.04. The molecule has 2 unspecified atom stereocenters. The number of ether oxygens (including phenoxy) is 2. The van der Waals surface area contributed by atoms with Crippen molar-refractivity contribution in [1.29, 1.82) is 0 Å². The molecule has 1 amide bonds. The minimum absolute atomic E-state index is 0.167. The number of rotatable bonds is 5. The highest BCUT2D eigenvalue weighted by atomic mass is 32.2. The number of thioether (sulfide) groups is 1. The third-order valence-electron chi connectivity index (χ3n) is 4.79. The molecule has 2 aliphatic rings. The molecule has 0 spiro atoms. The maximum absolute atomic E-state index is 12.8. The zero-order valence-corrected chi connectivity index (χ0v) is 15.2. The quantitative estimate of drug-likeness (QED) is 0.818. The minimum Gasteiger partial charge on any atom is -0.381 e. The normalized spacial score (nSPS) is 25.6. The van der Waals surface area contributed by atoms with Crippen LogP contribution in [0.4, 0.5) is 0 Å². The van der Waals surface area contributed by atoms with Crippen molar-refractivity contribution < 1.29 is 14.3 Å². The number of hydrogen-bond donors (Lipinski definition) is 0. The van der Waals surface area contributed by atoms with Gasteiger partial charge in [0.2, 0.25) is 5.91 Å². The van der Waals surface area contributed by atoms with E-state index in [9.17, 15) is 4.79 Å². The van der Waals surface area contributed by atoms with Gasteiger partial charge in [0.05, 0.1) is 25.2 Å². The van der Waals surface area contributed by atoms with Crippen molar-refractivity contribution in [3.8, 4) is 0 Å². The molecular formula is C19H27NO3S. The van der Waals surface area contributed by atoms with E-state index in [0.717, 1.165) is 38.4 Å². The summed E-state index contributed by atoms with van der Waals surface area (Å²) in [4.78, 5) is 14.8. The van der Waals surface area contributed by atoms with Crippen molar-refractivity contribution in [2.45, 2.75) is 43.6 Å². The number of nitrogens with zero attached hydrogens (tertiary/aromatic N) is 1. The molecule has 1 aromatic rings. The Labute approximate surface area is 148 Å². The first-order chi connectivity index (χ1) is 11.8. The Morgan fingerprint density at radius 3 is 2.79 bits per heavy atom. The second-order valence-corrected chi connectivity index (χ2v) is 7.94. The molecule has 2 atom stereocenters. The van der Waals surface area contributed by atoms with Crippen LogP contribution >= 0.6 is 11.8 Å². The maximum atomic E-state index is 12.8. The summed E-state index contributed by atoms with van der Waals surface area (Å²) in [6.07, 6.45) is 2.61. The molecule has 0 N–H and O–H groups in total. The number of carbonyl (C=O) groups is 1. The molecule has 0 radical (unpaired) electrons. The first-order valence-electron chi connectivity index (χ1n) is 8.91. The molecule has 2 saturated heterocycles. The molecule has 2 fully saturated rings. The van der Waals surface area contributed by atoms with Crippen molar-refractivity contribution in [3.63, 3.8) is 0 Å². The van der Waals surface area contributed by atoms with Crippen LogP contribution in [0.15, 0.2) is 30.3 Å². The highest BCUT2D eigenvalue weighted by Crippen LogP contribution is 2.36. The monoisotopic (exact) mass is 349 g/mol. The second-order valence-electron chi connectivity index (χ2n) is 6.45. The average molecular weight is 349 g/mol. The predicted octanol–water partition coefficient (Wildman–Crippen LogP) is 3.28. The van der Waals surface area contributed by atoms with Gasteiger partial charge in [-0.1, -0.05) is 37.3 Å². The molecule has 0 bridgehead atoms. The lowest BCUT2D eigenvalue weighted by Gasteiger charge is -2.40. The number of hydrogen-bond acceptors (Lipinski definition) is 4. The Morgan fingerprint density at radius 1 is 1.29 bits per heavy atom. The first kappa shape index (κ1) is 17.8. The fraction of sp³-hybridized carbons (Fsp3) is 0.632. The zero-order valence-electron chi connectivity index (χ0n) is 14.4. The van der Waals surface area contributed by atoms with Gasteiger partial charge in [-0.25, -0.2) is 0 Å². The Balaban J connectivity index is 1.57. The van der Waals surface area contributed by atoms with Gasteiger partial charge in [-0.3, -0.25) is 4.79 Å². The van der Waals surface area contributed by atoms with E-state index in [1.807, 2.05) is 17.8 Å². The summed E-state index contributed by atoms with van der Waals surface area (Å²) in [7, 11) is 0. The average Bonchev–Trinajstić information content (AvgIpc) is 2.63. The van der Waals surface area contributed by atoms with Crippen molar-refractivity contribution in [2.24, 2.45) is 0 Å². The lowest BCUT2D eigenvalue weighted by Crippen LogP contribution is -2.44. The molecule has 24 heavy (non-hydrogen) atoms. The van der Waals surface area contributed by atoms with Gasteiger partial charge >= 0.3 is 0 Å². The van der Waals surface area contributed by atoms with Gasteiger partial charge in [0.25, 0.3) is 0 Å². The highest BCUT2D eigenvalue weighted by Gasteiger charge is 2.33. The minimum atomic E-state index is 0.167. The lowest BCUT2D eigenvalue weighted by atomic mass is 10.0. The van der Waals surface area contributed by atoms with E-state index in [0.29, 0.717) is 18.3 Å². The van der Waals surface area contributed by atoms with Gasteiger partial charge in [0.15, 0.2) is 0 Å². The third kappa shape index (κ3) is 4.52. The molecule has 132 valence electrons. The van der Waals surface area contributed by atoms with Crippen LogP contribution in [0.3, 0.4) is 0 Å². The molecular weight excluding hydrogens is 322 g/mol. The van der Waals surface area contributed by atoms with Crippen LogP contribution in [-0.4, -0.2) is 54.3 Å². The summed E-state index contributed by atoms with van der Waals surface area (Å²) in [5.41, 5.74) is 1.23. The summed E-state index contributed by atoms with van der Waals surface area (Å²) in [6, 6.07) is 10.6. The van der Waals surface area contributed by atoms with E-state index in [4.69, 9.17) is 9.47 Å². The van der Waals surface area contributed by atoms with Crippen molar-refractivity contribution >= 4 is 17.7 Å². The summed E-state index contributed by atoms with van der Waals surface area (Å²) >= 11 is 1.95. The summed E-state index contributed by atoms with van der Waals surface area (Å²) < 4.78 is 11.2. The summed E-state index contributed by atoms with van der Waals surface area (Å²) in [5, 5.41) is 0.418. The van der Waals surface area contributed by atoms with E-state index in [1.54, 1.807) is 0 Å². The Kier molecular flexibility index (Phi) is 6.58. The standard InChI is InChI=1S/C19H27NO3S/c1-15-19(16-5-3-2-4-6-16)20(10-14-24-15)18(21)9-13-23-17-7-11-22-12-8-17/h2-6,15,17,19H,7-14H2,1H3. The van der Waals surface area contributed by atoms with Crippen LogP contribution in [0.25, 0.3) is 0 Å². The fourth-order valence-corrected chi connectivity index (χ4v) is 4.66. The lowest BCUT2D eigenvalue weighted by molar-refractivity contribution is -0.135. The van der Waals surface area contributed by atoms with E-state index in [2.05, 4.69) is 36.1 Å². The molecule has 0 aliphatic carbocycles. The highest BCUT2D eigenvalue weighted by molar-refractivity contribution is 8.00.